The van der Waals surface area contributed by atoms with Gasteiger partial charge < -0.3 is 4.98 Å². The van der Waals surface area contributed by atoms with Gasteiger partial charge in [-0.15, -0.1) is 0 Å². The van der Waals surface area contributed by atoms with Gasteiger partial charge in [0.2, 0.25) is 0 Å². The molecule has 2 rings (SSSR count). The number of pyridine rings is 1. The van der Waals surface area contributed by atoms with Crippen LogP contribution in [0, 0.1) is 17.1 Å². The van der Waals surface area contributed by atoms with Crippen LogP contribution >= 0.6 is 0 Å². The average molecular weight is 188 g/mol. The minimum atomic E-state index is -0.551. The van der Waals surface area contributed by atoms with Crippen LogP contribution in [0.2, 0.25) is 0 Å². The molecule has 0 amide bonds. The Morgan fingerprint density at radius 2 is 2.21 bits per heavy atom. The highest BCUT2D eigenvalue weighted by atomic mass is 19.1. The molecule has 1 aromatic heterocycles. The average Bonchev–Trinajstić information content (AvgIpc) is 2.20. The van der Waals surface area contributed by atoms with Crippen LogP contribution in [0.3, 0.4) is 0 Å². The maximum atomic E-state index is 13.3. The summed E-state index contributed by atoms with van der Waals surface area (Å²) in [5.74, 6) is -0.551. The van der Waals surface area contributed by atoms with Gasteiger partial charge in [0.1, 0.15) is 11.9 Å². The van der Waals surface area contributed by atoms with Gasteiger partial charge in [-0.05, 0) is 12.1 Å². The van der Waals surface area contributed by atoms with Crippen LogP contribution in [0.25, 0.3) is 10.8 Å². The summed E-state index contributed by atoms with van der Waals surface area (Å²) in [5, 5.41) is 8.99. The highest BCUT2D eigenvalue weighted by molar-refractivity contribution is 5.87. The van der Waals surface area contributed by atoms with Crippen molar-refractivity contribution in [2.24, 2.45) is 0 Å². The number of aromatic nitrogens is 1. The summed E-state index contributed by atoms with van der Waals surface area (Å²) in [6, 6.07) is 5.98. The molecule has 0 radical (unpaired) electrons. The van der Waals surface area contributed by atoms with Crippen LogP contribution in [-0.4, -0.2) is 4.98 Å². The lowest BCUT2D eigenvalue weighted by Crippen LogP contribution is -2.06. The molecule has 3 nitrogen and oxygen atoms in total. The first-order valence-electron chi connectivity index (χ1n) is 3.94. The van der Waals surface area contributed by atoms with Crippen molar-refractivity contribution in [3.63, 3.8) is 0 Å². The minimum absolute atomic E-state index is 0.0822. The zero-order chi connectivity index (χ0) is 10.1. The van der Waals surface area contributed by atoms with E-state index in [2.05, 4.69) is 4.98 Å². The van der Waals surface area contributed by atoms with Crippen molar-refractivity contribution in [1.29, 1.82) is 5.26 Å². The predicted octanol–water partition coefficient (Wildman–Crippen LogP) is 1.54. The Labute approximate surface area is 78.4 Å². The normalized spacial score (nSPS) is 10.0. The summed E-state index contributed by atoms with van der Waals surface area (Å²) < 4.78 is 13.3. The van der Waals surface area contributed by atoms with E-state index in [9.17, 15) is 9.18 Å². The van der Waals surface area contributed by atoms with E-state index < -0.39 is 11.4 Å². The lowest BCUT2D eigenvalue weighted by Gasteiger charge is -1.99. The van der Waals surface area contributed by atoms with E-state index in [0.717, 1.165) is 0 Å². The van der Waals surface area contributed by atoms with E-state index in [1.807, 2.05) is 6.07 Å². The number of halogens is 1. The van der Waals surface area contributed by atoms with Gasteiger partial charge in [-0.1, -0.05) is 6.07 Å². The number of benzene rings is 1. The van der Waals surface area contributed by atoms with Crippen molar-refractivity contribution in [3.8, 4) is 6.07 Å². The SMILES string of the molecule is N#Cc1c[nH]c(=O)c2cccc(F)c12. The molecule has 0 fully saturated rings. The maximum Gasteiger partial charge on any atom is 0.255 e. The third kappa shape index (κ3) is 1.07. The molecular weight excluding hydrogens is 183 g/mol. The van der Waals surface area contributed by atoms with Crippen LogP contribution in [0.5, 0.6) is 0 Å². The summed E-state index contributed by atoms with van der Waals surface area (Å²) in [6.45, 7) is 0. The van der Waals surface area contributed by atoms with Gasteiger partial charge in [-0.25, -0.2) is 4.39 Å². The van der Waals surface area contributed by atoms with Crippen molar-refractivity contribution >= 4 is 10.8 Å². The van der Waals surface area contributed by atoms with E-state index in [1.165, 1.54) is 24.4 Å². The molecule has 0 bridgehead atoms. The molecule has 4 heteroatoms. The standard InChI is InChI=1S/C10H5FN2O/c11-8-3-1-2-7-9(8)6(4-12)5-13-10(7)14/h1-3,5H,(H,13,14). The number of nitrogens with zero attached hydrogens (tertiary/aromatic N) is 1. The Hall–Kier alpha value is -2.15. The van der Waals surface area contributed by atoms with Gasteiger partial charge in [0.05, 0.1) is 10.9 Å². The smallest absolute Gasteiger partial charge is 0.255 e. The number of hydrogen-bond donors (Lipinski definition) is 1. The molecule has 1 aromatic carbocycles. The monoisotopic (exact) mass is 188 g/mol. The molecule has 0 saturated carbocycles. The number of nitriles is 1. The summed E-state index contributed by atoms with van der Waals surface area (Å²) in [5.41, 5.74) is -0.254. The highest BCUT2D eigenvalue weighted by Crippen LogP contribution is 2.17. The third-order valence-electron chi connectivity index (χ3n) is 2.00. The summed E-state index contributed by atoms with van der Waals surface area (Å²) in [7, 11) is 0. The third-order valence-corrected chi connectivity index (χ3v) is 2.00. The molecule has 0 atom stereocenters. The molecule has 1 heterocycles. The zero-order valence-corrected chi connectivity index (χ0v) is 7.04. The fourth-order valence-electron chi connectivity index (χ4n) is 1.36. The number of hydrogen-bond acceptors (Lipinski definition) is 2. The second-order valence-electron chi connectivity index (χ2n) is 2.81. The van der Waals surface area contributed by atoms with Crippen molar-refractivity contribution in [2.45, 2.75) is 0 Å². The molecule has 0 spiro atoms. The van der Waals surface area contributed by atoms with Gasteiger partial charge >= 0.3 is 0 Å². The Bertz CT molecular complexity index is 595. The molecule has 0 saturated heterocycles. The highest BCUT2D eigenvalue weighted by Gasteiger charge is 2.07. The number of aromatic amines is 1. The quantitative estimate of drug-likeness (QED) is 0.681. The van der Waals surface area contributed by atoms with Crippen molar-refractivity contribution in [2.75, 3.05) is 0 Å². The van der Waals surface area contributed by atoms with Crippen LogP contribution < -0.4 is 5.56 Å². The van der Waals surface area contributed by atoms with Crippen LogP contribution in [0.15, 0.2) is 29.2 Å². The molecule has 0 aliphatic carbocycles. The zero-order valence-electron chi connectivity index (χ0n) is 7.04. The largest absolute Gasteiger partial charge is 0.327 e. The van der Waals surface area contributed by atoms with Crippen LogP contribution in [-0.2, 0) is 0 Å². The van der Waals surface area contributed by atoms with Crippen molar-refractivity contribution in [3.05, 3.63) is 46.1 Å². The molecule has 0 unspecified atom stereocenters. The maximum absolute atomic E-state index is 13.3. The van der Waals surface area contributed by atoms with Crippen molar-refractivity contribution < 1.29 is 4.39 Å². The molecular formula is C10H5FN2O. The number of rotatable bonds is 0. The Morgan fingerprint density at radius 1 is 1.43 bits per heavy atom. The van der Waals surface area contributed by atoms with Crippen LogP contribution in [0.1, 0.15) is 5.56 Å². The van der Waals surface area contributed by atoms with E-state index in [-0.39, 0.29) is 16.3 Å². The molecule has 2 aromatic rings. The molecule has 0 aliphatic rings. The predicted molar refractivity (Wildman–Crippen MR) is 49.2 cm³/mol. The number of H-pyrrole nitrogens is 1. The first-order chi connectivity index (χ1) is 6.74. The molecule has 14 heavy (non-hydrogen) atoms. The Morgan fingerprint density at radius 3 is 2.93 bits per heavy atom. The lowest BCUT2D eigenvalue weighted by molar-refractivity contribution is 0.639. The van der Waals surface area contributed by atoms with Crippen molar-refractivity contribution in [1.82, 2.24) is 4.98 Å². The molecule has 1 N–H and O–H groups in total. The Kier molecular flexibility index (Phi) is 1.79. The van der Waals surface area contributed by atoms with E-state index in [4.69, 9.17) is 5.26 Å². The van der Waals surface area contributed by atoms with E-state index >= 15 is 0 Å². The summed E-state index contributed by atoms with van der Waals surface area (Å²) in [6.07, 6.45) is 1.22. The van der Waals surface area contributed by atoms with E-state index in [1.54, 1.807) is 0 Å². The molecule has 68 valence electrons. The second-order valence-corrected chi connectivity index (χ2v) is 2.81. The number of fused-ring (bicyclic) bond motifs is 1. The first kappa shape index (κ1) is 8.45. The fraction of sp³-hybridized carbons (Fsp3) is 0. The molecule has 0 aliphatic heterocycles. The minimum Gasteiger partial charge on any atom is -0.327 e. The fourth-order valence-corrected chi connectivity index (χ4v) is 1.36. The summed E-state index contributed by atoms with van der Waals surface area (Å²) >= 11 is 0. The number of nitrogens with one attached hydrogen (secondary N) is 1. The van der Waals surface area contributed by atoms with Gasteiger partial charge in [-0.3, -0.25) is 4.79 Å². The summed E-state index contributed by atoms with van der Waals surface area (Å²) in [4.78, 5) is 13.6. The van der Waals surface area contributed by atoms with Gasteiger partial charge in [-0.2, -0.15) is 5.26 Å². The van der Waals surface area contributed by atoms with Gasteiger partial charge in [0.25, 0.3) is 5.56 Å². The lowest BCUT2D eigenvalue weighted by atomic mass is 10.1. The first-order valence-corrected chi connectivity index (χ1v) is 3.94. The topological polar surface area (TPSA) is 56.6 Å². The van der Waals surface area contributed by atoms with Gasteiger partial charge in [0, 0.05) is 11.6 Å². The second kappa shape index (κ2) is 2.96. The van der Waals surface area contributed by atoms with E-state index in [0.29, 0.717) is 0 Å². The van der Waals surface area contributed by atoms with Gasteiger partial charge in [0.15, 0.2) is 0 Å². The van der Waals surface area contributed by atoms with Crippen LogP contribution in [0.4, 0.5) is 4.39 Å². The Balaban J connectivity index is 3.09.